The molecule has 0 aliphatic carbocycles. The molecule has 1 saturated heterocycles. The summed E-state index contributed by atoms with van der Waals surface area (Å²) >= 11 is 2.62. The molecule has 4 rings (SSSR count). The maximum Gasteiger partial charge on any atom is 0.252 e. The number of anilines is 1. The van der Waals surface area contributed by atoms with Gasteiger partial charge in [0.25, 0.3) is 10.0 Å². The van der Waals surface area contributed by atoms with E-state index in [1.54, 1.807) is 17.5 Å². The first-order chi connectivity index (χ1) is 14.8. The van der Waals surface area contributed by atoms with Crippen LogP contribution in [-0.2, 0) is 14.8 Å². The molecule has 9 heteroatoms. The van der Waals surface area contributed by atoms with Gasteiger partial charge in [0.05, 0.1) is 5.69 Å². The number of hydrogen-bond donors (Lipinski definition) is 1. The van der Waals surface area contributed by atoms with Crippen molar-refractivity contribution in [3.63, 3.8) is 0 Å². The van der Waals surface area contributed by atoms with Crippen LogP contribution in [0.25, 0.3) is 11.3 Å². The number of nitrogens with zero attached hydrogens (tertiary/aromatic N) is 2. The van der Waals surface area contributed by atoms with Crippen molar-refractivity contribution >= 4 is 43.7 Å². The van der Waals surface area contributed by atoms with E-state index >= 15 is 0 Å². The zero-order valence-corrected chi connectivity index (χ0v) is 19.9. The van der Waals surface area contributed by atoms with Gasteiger partial charge in [0.1, 0.15) is 4.21 Å². The minimum absolute atomic E-state index is 0.0933. The average Bonchev–Trinajstić information content (AvgIpc) is 3.47. The molecule has 0 atom stereocenters. The number of hydrogen-bond acceptors (Lipinski definition) is 6. The number of amides is 1. The van der Waals surface area contributed by atoms with Crippen LogP contribution in [0.15, 0.2) is 51.4 Å². The summed E-state index contributed by atoms with van der Waals surface area (Å²) in [5, 5.41) is 7.18. The smallest absolute Gasteiger partial charge is 0.252 e. The summed E-state index contributed by atoms with van der Waals surface area (Å²) in [5.74, 6) is 0.169. The number of aromatic nitrogens is 1. The van der Waals surface area contributed by atoms with Gasteiger partial charge in [-0.1, -0.05) is 44.2 Å². The summed E-state index contributed by atoms with van der Waals surface area (Å²) in [6, 6.07) is 11.7. The molecule has 0 unspecified atom stereocenters. The molecule has 3 heterocycles. The van der Waals surface area contributed by atoms with E-state index in [1.165, 1.54) is 32.5 Å². The topological polar surface area (TPSA) is 79.4 Å². The summed E-state index contributed by atoms with van der Waals surface area (Å²) in [5.41, 5.74) is 3.14. The Balaban J connectivity index is 1.34. The van der Waals surface area contributed by atoms with Crippen molar-refractivity contribution in [1.82, 2.24) is 9.29 Å². The molecule has 1 fully saturated rings. The van der Waals surface area contributed by atoms with Gasteiger partial charge in [0.15, 0.2) is 5.13 Å². The van der Waals surface area contributed by atoms with Crippen LogP contribution in [0.2, 0.25) is 0 Å². The molecule has 1 amide bonds. The Bertz CT molecular complexity index is 1130. The highest BCUT2D eigenvalue weighted by Gasteiger charge is 2.32. The summed E-state index contributed by atoms with van der Waals surface area (Å²) < 4.78 is 27.1. The minimum Gasteiger partial charge on any atom is -0.302 e. The fourth-order valence-corrected chi connectivity index (χ4v) is 6.94. The van der Waals surface area contributed by atoms with Crippen LogP contribution in [0.3, 0.4) is 0 Å². The Morgan fingerprint density at radius 1 is 1.13 bits per heavy atom. The number of thiazole rings is 1. The second kappa shape index (κ2) is 9.20. The van der Waals surface area contributed by atoms with Gasteiger partial charge in [-0.05, 0) is 35.8 Å². The first kappa shape index (κ1) is 22.1. The summed E-state index contributed by atoms with van der Waals surface area (Å²) in [6.07, 6.45) is 1.01. The lowest BCUT2D eigenvalue weighted by Gasteiger charge is -2.29. The van der Waals surface area contributed by atoms with E-state index in [0.717, 1.165) is 11.3 Å². The van der Waals surface area contributed by atoms with E-state index in [0.29, 0.717) is 41.2 Å². The number of thiophene rings is 1. The molecular weight excluding hydrogens is 450 g/mol. The van der Waals surface area contributed by atoms with E-state index in [1.807, 2.05) is 5.38 Å². The highest BCUT2D eigenvalue weighted by molar-refractivity contribution is 7.91. The van der Waals surface area contributed by atoms with E-state index in [9.17, 15) is 13.2 Å². The minimum atomic E-state index is -3.45. The lowest BCUT2D eigenvalue weighted by molar-refractivity contribution is -0.120. The largest absolute Gasteiger partial charge is 0.302 e. The van der Waals surface area contributed by atoms with Gasteiger partial charge in [-0.3, -0.25) is 4.79 Å². The number of carbonyl (C=O) groups is 1. The molecule has 0 saturated carbocycles. The number of benzene rings is 1. The molecule has 2 aromatic heterocycles. The van der Waals surface area contributed by atoms with Crippen molar-refractivity contribution in [3.05, 3.63) is 52.7 Å². The number of carbonyl (C=O) groups excluding carboxylic acids is 1. The molecule has 1 N–H and O–H groups in total. The third kappa shape index (κ3) is 4.90. The third-order valence-corrected chi connectivity index (χ3v) is 9.55. The van der Waals surface area contributed by atoms with Gasteiger partial charge in [0.2, 0.25) is 5.91 Å². The van der Waals surface area contributed by atoms with Gasteiger partial charge in [-0.2, -0.15) is 4.31 Å². The van der Waals surface area contributed by atoms with E-state index in [4.69, 9.17) is 0 Å². The molecular formula is C22H25N3O3S3. The van der Waals surface area contributed by atoms with Crippen LogP contribution in [-0.4, -0.2) is 36.7 Å². The van der Waals surface area contributed by atoms with E-state index in [2.05, 4.69) is 48.4 Å². The normalized spacial score (nSPS) is 16.0. The van der Waals surface area contributed by atoms with Gasteiger partial charge in [-0.15, -0.1) is 22.7 Å². The molecule has 3 aromatic rings. The maximum absolute atomic E-state index is 12.7. The summed E-state index contributed by atoms with van der Waals surface area (Å²) in [7, 11) is -3.45. The zero-order valence-electron chi connectivity index (χ0n) is 17.4. The van der Waals surface area contributed by atoms with Gasteiger partial charge < -0.3 is 5.32 Å². The molecule has 31 heavy (non-hydrogen) atoms. The van der Waals surface area contributed by atoms with E-state index < -0.39 is 10.0 Å². The number of rotatable bonds is 6. The number of piperidine rings is 1. The fourth-order valence-electron chi connectivity index (χ4n) is 3.61. The van der Waals surface area contributed by atoms with Gasteiger partial charge in [0, 0.05) is 30.0 Å². The van der Waals surface area contributed by atoms with Crippen molar-refractivity contribution in [2.45, 2.75) is 36.8 Å². The van der Waals surface area contributed by atoms with Crippen molar-refractivity contribution in [3.8, 4) is 11.3 Å². The van der Waals surface area contributed by atoms with Crippen LogP contribution in [0, 0.1) is 5.92 Å². The Labute approximate surface area is 191 Å². The van der Waals surface area contributed by atoms with Crippen molar-refractivity contribution in [1.29, 1.82) is 0 Å². The Morgan fingerprint density at radius 3 is 2.45 bits per heavy atom. The predicted octanol–water partition coefficient (Wildman–Crippen LogP) is 5.03. The Kier molecular flexibility index (Phi) is 6.57. The summed E-state index contributed by atoms with van der Waals surface area (Å²) in [4.78, 5) is 17.3. The standard InChI is InChI=1S/C22H25N3O3S3/c1-15(2)16-5-7-17(8-6-16)19-14-30-22(23-19)24-21(26)18-9-11-25(12-10-18)31(27,28)20-4-3-13-29-20/h3-8,13-15,18H,9-12H2,1-2H3,(H,23,24,26). The molecule has 0 radical (unpaired) electrons. The average molecular weight is 476 g/mol. The van der Waals surface area contributed by atoms with Crippen molar-refractivity contribution in [2.75, 3.05) is 18.4 Å². The third-order valence-electron chi connectivity index (χ3n) is 5.52. The SMILES string of the molecule is CC(C)c1ccc(-c2csc(NC(=O)C3CCN(S(=O)(=O)c4cccs4)CC3)n2)cc1. The van der Waals surface area contributed by atoms with Gasteiger partial charge in [-0.25, -0.2) is 13.4 Å². The fraction of sp³-hybridized carbons (Fsp3) is 0.364. The molecule has 1 aliphatic heterocycles. The molecule has 164 valence electrons. The number of nitrogens with one attached hydrogen (secondary N) is 1. The highest BCUT2D eigenvalue weighted by Crippen LogP contribution is 2.29. The molecule has 0 bridgehead atoms. The molecule has 1 aromatic carbocycles. The van der Waals surface area contributed by atoms with Crippen LogP contribution in [0.4, 0.5) is 5.13 Å². The second-order valence-electron chi connectivity index (χ2n) is 7.91. The Morgan fingerprint density at radius 2 is 1.84 bits per heavy atom. The van der Waals surface area contributed by atoms with Gasteiger partial charge >= 0.3 is 0 Å². The molecule has 0 spiro atoms. The second-order valence-corrected chi connectivity index (χ2v) is 11.9. The maximum atomic E-state index is 12.7. The van der Waals surface area contributed by atoms with Crippen LogP contribution in [0.5, 0.6) is 0 Å². The predicted molar refractivity (Wildman–Crippen MR) is 126 cm³/mol. The monoisotopic (exact) mass is 475 g/mol. The van der Waals surface area contributed by atoms with Crippen LogP contribution >= 0.6 is 22.7 Å². The van der Waals surface area contributed by atoms with Crippen LogP contribution in [0.1, 0.15) is 38.2 Å². The lowest BCUT2D eigenvalue weighted by Crippen LogP contribution is -2.41. The van der Waals surface area contributed by atoms with Crippen molar-refractivity contribution < 1.29 is 13.2 Å². The van der Waals surface area contributed by atoms with Crippen molar-refractivity contribution in [2.24, 2.45) is 5.92 Å². The van der Waals surface area contributed by atoms with E-state index in [-0.39, 0.29) is 11.8 Å². The molecule has 6 nitrogen and oxygen atoms in total. The first-order valence-corrected chi connectivity index (χ1v) is 13.4. The quantitative estimate of drug-likeness (QED) is 0.542. The summed E-state index contributed by atoms with van der Waals surface area (Å²) in [6.45, 7) is 5.02. The molecule has 1 aliphatic rings. The first-order valence-electron chi connectivity index (χ1n) is 10.2. The van der Waals surface area contributed by atoms with Crippen LogP contribution < -0.4 is 5.32 Å². The Hall–Kier alpha value is -2.07. The number of sulfonamides is 1. The lowest BCUT2D eigenvalue weighted by atomic mass is 9.97. The zero-order chi connectivity index (χ0) is 22.0. The highest BCUT2D eigenvalue weighted by atomic mass is 32.2.